The highest BCUT2D eigenvalue weighted by Gasteiger charge is 2.34. The molecule has 0 aliphatic heterocycles. The van der Waals surface area contributed by atoms with E-state index in [4.69, 9.17) is 4.74 Å². The Balaban J connectivity index is 2.68. The molecule has 0 bridgehead atoms. The van der Waals surface area contributed by atoms with Crippen molar-refractivity contribution in [2.24, 2.45) is 17.8 Å². The van der Waals surface area contributed by atoms with E-state index < -0.39 is 0 Å². The van der Waals surface area contributed by atoms with E-state index in [-0.39, 0.29) is 11.2 Å². The Hall–Kier alpha value is -0.440. The van der Waals surface area contributed by atoms with Crippen LogP contribution in [0.2, 0.25) is 0 Å². The molecule has 4 atom stereocenters. The van der Waals surface area contributed by atoms with Crippen molar-refractivity contribution in [1.82, 2.24) is 0 Å². The number of rotatable bonds is 6. The van der Waals surface area contributed by atoms with E-state index in [0.29, 0.717) is 23.7 Å². The lowest BCUT2D eigenvalue weighted by Crippen LogP contribution is -2.33. The molecule has 1 fully saturated rings. The highest BCUT2D eigenvalue weighted by molar-refractivity contribution is 8.01. The SMILES string of the molecule is C=CC(S[C@H]1C[C@H](C)CC[C@H]1C(C)C)C(=O)OCC. The summed E-state index contributed by atoms with van der Waals surface area (Å²) in [6, 6.07) is 0. The van der Waals surface area contributed by atoms with Crippen LogP contribution in [0.15, 0.2) is 12.7 Å². The zero-order valence-electron chi connectivity index (χ0n) is 12.7. The van der Waals surface area contributed by atoms with Gasteiger partial charge < -0.3 is 4.74 Å². The Morgan fingerprint density at radius 3 is 2.68 bits per heavy atom. The average molecular weight is 284 g/mol. The number of hydrogen-bond acceptors (Lipinski definition) is 3. The van der Waals surface area contributed by atoms with E-state index in [2.05, 4.69) is 27.4 Å². The van der Waals surface area contributed by atoms with Crippen molar-refractivity contribution < 1.29 is 9.53 Å². The van der Waals surface area contributed by atoms with Crippen LogP contribution in [0, 0.1) is 17.8 Å². The molecule has 0 saturated heterocycles. The van der Waals surface area contributed by atoms with E-state index in [1.807, 2.05) is 6.92 Å². The van der Waals surface area contributed by atoms with Crippen LogP contribution in [-0.2, 0) is 9.53 Å². The van der Waals surface area contributed by atoms with Gasteiger partial charge in [-0.25, -0.2) is 0 Å². The summed E-state index contributed by atoms with van der Waals surface area (Å²) in [4.78, 5) is 11.9. The summed E-state index contributed by atoms with van der Waals surface area (Å²) in [5.74, 6) is 2.01. The van der Waals surface area contributed by atoms with E-state index >= 15 is 0 Å². The number of esters is 1. The fourth-order valence-electron chi connectivity index (χ4n) is 2.89. The molecule has 1 aliphatic carbocycles. The van der Waals surface area contributed by atoms with Gasteiger partial charge in [0.25, 0.3) is 0 Å². The fourth-order valence-corrected chi connectivity index (χ4v) is 4.65. The topological polar surface area (TPSA) is 26.3 Å². The van der Waals surface area contributed by atoms with E-state index in [1.54, 1.807) is 17.8 Å². The van der Waals surface area contributed by atoms with Gasteiger partial charge in [0.15, 0.2) is 0 Å². The maximum atomic E-state index is 11.9. The predicted molar refractivity (Wildman–Crippen MR) is 83.3 cm³/mol. The van der Waals surface area contributed by atoms with Crippen molar-refractivity contribution in [1.29, 1.82) is 0 Å². The molecule has 0 aromatic rings. The second-order valence-electron chi connectivity index (χ2n) is 5.91. The third-order valence-corrected chi connectivity index (χ3v) is 5.59. The zero-order chi connectivity index (χ0) is 14.4. The van der Waals surface area contributed by atoms with Gasteiger partial charge >= 0.3 is 5.97 Å². The van der Waals surface area contributed by atoms with Gasteiger partial charge in [0.1, 0.15) is 5.25 Å². The van der Waals surface area contributed by atoms with Gasteiger partial charge in [0.05, 0.1) is 6.61 Å². The third kappa shape index (κ3) is 4.87. The molecular formula is C16H28O2S. The number of hydrogen-bond donors (Lipinski definition) is 0. The molecule has 19 heavy (non-hydrogen) atoms. The molecule has 1 saturated carbocycles. The smallest absolute Gasteiger partial charge is 0.322 e. The van der Waals surface area contributed by atoms with Crippen molar-refractivity contribution in [2.45, 2.75) is 57.5 Å². The molecule has 0 aromatic heterocycles. The summed E-state index contributed by atoms with van der Waals surface area (Å²) in [5, 5.41) is 0.340. The quantitative estimate of drug-likeness (QED) is 0.537. The van der Waals surface area contributed by atoms with Crippen molar-refractivity contribution in [3.63, 3.8) is 0 Å². The molecule has 0 spiro atoms. The van der Waals surface area contributed by atoms with Crippen LogP contribution in [-0.4, -0.2) is 23.1 Å². The van der Waals surface area contributed by atoms with Gasteiger partial charge in [-0.15, -0.1) is 18.3 Å². The Labute approximate surface area is 122 Å². The predicted octanol–water partition coefficient (Wildman–Crippen LogP) is 4.30. The first-order valence-corrected chi connectivity index (χ1v) is 8.38. The lowest BCUT2D eigenvalue weighted by Gasteiger charge is -2.37. The minimum absolute atomic E-state index is 0.136. The maximum Gasteiger partial charge on any atom is 0.322 e. The number of thioether (sulfide) groups is 1. The Morgan fingerprint density at radius 1 is 1.47 bits per heavy atom. The molecule has 1 rings (SSSR count). The van der Waals surface area contributed by atoms with Gasteiger partial charge in [-0.1, -0.05) is 33.3 Å². The van der Waals surface area contributed by atoms with Crippen LogP contribution >= 0.6 is 11.8 Å². The summed E-state index contributed by atoms with van der Waals surface area (Å²) in [6.45, 7) is 13.0. The largest absolute Gasteiger partial charge is 0.465 e. The lowest BCUT2D eigenvalue weighted by molar-refractivity contribution is -0.141. The van der Waals surface area contributed by atoms with Crippen LogP contribution < -0.4 is 0 Å². The molecule has 0 N–H and O–H groups in total. The number of carbonyl (C=O) groups excluding carboxylic acids is 1. The second kappa shape index (κ2) is 7.98. The van der Waals surface area contributed by atoms with Gasteiger partial charge in [0, 0.05) is 5.25 Å². The molecule has 1 unspecified atom stereocenters. The normalized spacial score (nSPS) is 29.0. The van der Waals surface area contributed by atoms with E-state index in [1.165, 1.54) is 19.3 Å². The minimum atomic E-state index is -0.212. The number of carbonyl (C=O) groups is 1. The first kappa shape index (κ1) is 16.6. The molecule has 0 amide bonds. The van der Waals surface area contributed by atoms with Crippen LogP contribution in [0.25, 0.3) is 0 Å². The van der Waals surface area contributed by atoms with Crippen molar-refractivity contribution >= 4 is 17.7 Å². The van der Waals surface area contributed by atoms with Crippen molar-refractivity contribution in [3.8, 4) is 0 Å². The van der Waals surface area contributed by atoms with Crippen LogP contribution in [0.4, 0.5) is 0 Å². The molecule has 110 valence electrons. The first-order chi connectivity index (χ1) is 8.99. The monoisotopic (exact) mass is 284 g/mol. The molecule has 0 aromatic carbocycles. The van der Waals surface area contributed by atoms with Gasteiger partial charge in [-0.05, 0) is 37.5 Å². The summed E-state index contributed by atoms with van der Waals surface area (Å²) >= 11 is 1.76. The first-order valence-electron chi connectivity index (χ1n) is 7.44. The Morgan fingerprint density at radius 2 is 2.16 bits per heavy atom. The summed E-state index contributed by atoms with van der Waals surface area (Å²) in [7, 11) is 0. The average Bonchev–Trinajstić information content (AvgIpc) is 2.35. The fraction of sp³-hybridized carbons (Fsp3) is 0.812. The van der Waals surface area contributed by atoms with Gasteiger partial charge in [0.2, 0.25) is 0 Å². The molecule has 2 nitrogen and oxygen atoms in total. The minimum Gasteiger partial charge on any atom is -0.465 e. The molecule has 1 aliphatic rings. The zero-order valence-corrected chi connectivity index (χ0v) is 13.5. The van der Waals surface area contributed by atoms with E-state index in [9.17, 15) is 4.79 Å². The Bertz CT molecular complexity index is 301. The lowest BCUT2D eigenvalue weighted by atomic mass is 9.77. The second-order valence-corrected chi connectivity index (χ2v) is 7.29. The molecule has 0 heterocycles. The van der Waals surface area contributed by atoms with Crippen LogP contribution in [0.3, 0.4) is 0 Å². The summed E-state index contributed by atoms with van der Waals surface area (Å²) < 4.78 is 5.13. The third-order valence-electron chi connectivity index (χ3n) is 4.02. The van der Waals surface area contributed by atoms with Crippen LogP contribution in [0.1, 0.15) is 47.0 Å². The molecule has 0 radical (unpaired) electrons. The van der Waals surface area contributed by atoms with Gasteiger partial charge in [-0.2, -0.15) is 0 Å². The van der Waals surface area contributed by atoms with Gasteiger partial charge in [-0.3, -0.25) is 4.79 Å². The highest BCUT2D eigenvalue weighted by Crippen LogP contribution is 2.41. The van der Waals surface area contributed by atoms with Crippen molar-refractivity contribution in [3.05, 3.63) is 12.7 Å². The maximum absolute atomic E-state index is 11.9. The Kier molecular flexibility index (Phi) is 6.98. The van der Waals surface area contributed by atoms with Crippen molar-refractivity contribution in [2.75, 3.05) is 6.61 Å². The number of ether oxygens (including phenoxy) is 1. The summed E-state index contributed by atoms with van der Waals surface area (Å²) in [6.07, 6.45) is 5.54. The van der Waals surface area contributed by atoms with Crippen LogP contribution in [0.5, 0.6) is 0 Å². The van der Waals surface area contributed by atoms with E-state index in [0.717, 1.165) is 5.92 Å². The standard InChI is InChI=1S/C16H28O2S/c1-6-14(16(17)18-7-2)19-15-10-12(5)8-9-13(15)11(3)4/h6,11-15H,1,7-10H2,2-5H3/t12-,13+,14?,15+/m1/s1. The highest BCUT2D eigenvalue weighted by atomic mass is 32.2. The summed E-state index contributed by atoms with van der Waals surface area (Å²) in [5.41, 5.74) is 0. The molecular weight excluding hydrogens is 256 g/mol. The molecule has 3 heteroatoms.